The van der Waals surface area contributed by atoms with Gasteiger partial charge in [0.2, 0.25) is 5.24 Å². The third kappa shape index (κ3) is 2.60. The van der Waals surface area contributed by atoms with Gasteiger partial charge in [0.1, 0.15) is 5.82 Å². The van der Waals surface area contributed by atoms with Crippen molar-refractivity contribution in [3.63, 3.8) is 0 Å². The van der Waals surface area contributed by atoms with E-state index in [9.17, 15) is 18.0 Å². The second-order valence-corrected chi connectivity index (χ2v) is 2.80. The van der Waals surface area contributed by atoms with Gasteiger partial charge in [0.25, 0.3) is 0 Å². The summed E-state index contributed by atoms with van der Waals surface area (Å²) in [5, 5.41) is -0.853. The molecule has 0 spiro atoms. The van der Waals surface area contributed by atoms with E-state index in [0.717, 1.165) is 18.2 Å². The van der Waals surface area contributed by atoms with Crippen molar-refractivity contribution < 1.29 is 18.0 Å². The summed E-state index contributed by atoms with van der Waals surface area (Å²) < 4.78 is 38.1. The molecule has 0 radical (unpaired) electrons. The van der Waals surface area contributed by atoms with E-state index in [1.165, 1.54) is 0 Å². The molecule has 0 heterocycles. The van der Waals surface area contributed by atoms with E-state index in [2.05, 4.69) is 0 Å². The zero-order valence-electron chi connectivity index (χ0n) is 6.73. The zero-order valence-corrected chi connectivity index (χ0v) is 7.49. The van der Waals surface area contributed by atoms with Gasteiger partial charge >= 0.3 is 0 Å². The first kappa shape index (κ1) is 10.8. The van der Waals surface area contributed by atoms with Crippen LogP contribution in [0.3, 0.4) is 0 Å². The minimum atomic E-state index is -1.31. The summed E-state index contributed by atoms with van der Waals surface area (Å²) >= 11 is 4.92. The van der Waals surface area contributed by atoms with Gasteiger partial charge in [-0.3, -0.25) is 4.79 Å². The van der Waals surface area contributed by atoms with E-state index in [1.54, 1.807) is 0 Å². The predicted octanol–water partition coefficient (Wildman–Crippen LogP) is 2.88. The van der Waals surface area contributed by atoms with E-state index in [4.69, 9.17) is 11.6 Å². The van der Waals surface area contributed by atoms with Gasteiger partial charge in [-0.25, -0.2) is 13.2 Å². The lowest BCUT2D eigenvalue weighted by Crippen LogP contribution is -1.91. The van der Waals surface area contributed by atoms with Crippen molar-refractivity contribution in [2.45, 2.75) is 0 Å². The molecule has 0 amide bonds. The van der Waals surface area contributed by atoms with Crippen LogP contribution < -0.4 is 0 Å². The van der Waals surface area contributed by atoms with Gasteiger partial charge in [0.15, 0.2) is 11.6 Å². The first-order chi connectivity index (χ1) is 6.50. The Hall–Kier alpha value is -1.29. The van der Waals surface area contributed by atoms with E-state index < -0.39 is 22.7 Å². The highest BCUT2D eigenvalue weighted by Crippen LogP contribution is 2.15. The number of hydrogen-bond donors (Lipinski definition) is 0. The Kier molecular flexibility index (Phi) is 3.30. The molecule has 0 saturated carbocycles. The van der Waals surface area contributed by atoms with Crippen LogP contribution in [-0.4, -0.2) is 5.24 Å². The summed E-state index contributed by atoms with van der Waals surface area (Å²) in [5.74, 6) is -3.46. The van der Waals surface area contributed by atoms with Crippen LogP contribution in [0.25, 0.3) is 6.08 Å². The highest BCUT2D eigenvalue weighted by atomic mass is 35.5. The fourth-order valence-corrected chi connectivity index (χ4v) is 0.915. The van der Waals surface area contributed by atoms with Crippen molar-refractivity contribution in [3.8, 4) is 0 Å². The number of benzene rings is 1. The molecule has 1 nitrogen and oxygen atoms in total. The Labute approximate surface area is 82.8 Å². The summed E-state index contributed by atoms with van der Waals surface area (Å²) in [7, 11) is 0. The molecular weight excluding hydrogens is 217 g/mol. The van der Waals surface area contributed by atoms with Crippen molar-refractivity contribution >= 4 is 22.9 Å². The van der Waals surface area contributed by atoms with Crippen LogP contribution in [0, 0.1) is 17.5 Å². The molecule has 0 unspecified atom stereocenters. The predicted molar refractivity (Wildman–Crippen MR) is 46.2 cm³/mol. The lowest BCUT2D eigenvalue weighted by molar-refractivity contribution is -0.107. The molecular formula is C9H4ClF3O. The lowest BCUT2D eigenvalue weighted by Gasteiger charge is -1.98. The molecule has 1 rings (SSSR count). The van der Waals surface area contributed by atoms with E-state index in [0.29, 0.717) is 6.07 Å². The first-order valence-corrected chi connectivity index (χ1v) is 3.90. The Balaban J connectivity index is 3.14. The molecule has 0 aliphatic rings. The van der Waals surface area contributed by atoms with Crippen LogP contribution in [0.2, 0.25) is 0 Å². The Morgan fingerprint density at radius 3 is 2.50 bits per heavy atom. The summed E-state index contributed by atoms with van der Waals surface area (Å²) in [6.45, 7) is 0. The van der Waals surface area contributed by atoms with Crippen LogP contribution in [0.1, 0.15) is 5.56 Å². The first-order valence-electron chi connectivity index (χ1n) is 3.53. The average Bonchev–Trinajstić information content (AvgIpc) is 2.08. The minimum Gasteiger partial charge on any atom is -0.276 e. The van der Waals surface area contributed by atoms with Gasteiger partial charge in [-0.1, -0.05) is 0 Å². The molecule has 0 bridgehead atoms. The number of rotatable bonds is 2. The van der Waals surface area contributed by atoms with Crippen molar-refractivity contribution in [3.05, 3.63) is 41.2 Å². The third-order valence-electron chi connectivity index (χ3n) is 1.42. The second-order valence-electron chi connectivity index (χ2n) is 2.43. The van der Waals surface area contributed by atoms with Crippen molar-refractivity contribution in [2.24, 2.45) is 0 Å². The van der Waals surface area contributed by atoms with Gasteiger partial charge in [0.05, 0.1) is 0 Å². The average molecular weight is 221 g/mol. The highest BCUT2D eigenvalue weighted by molar-refractivity contribution is 6.66. The largest absolute Gasteiger partial charge is 0.276 e. The van der Waals surface area contributed by atoms with Crippen LogP contribution in [0.4, 0.5) is 13.2 Å². The smallest absolute Gasteiger partial charge is 0.245 e. The molecule has 1 aromatic carbocycles. The number of allylic oxidation sites excluding steroid dienone is 1. The van der Waals surface area contributed by atoms with Gasteiger partial charge in [-0.2, -0.15) is 0 Å². The summed E-state index contributed by atoms with van der Waals surface area (Å²) in [5.41, 5.74) is -0.364. The van der Waals surface area contributed by atoms with Crippen molar-refractivity contribution in [1.29, 1.82) is 0 Å². The maximum atomic E-state index is 12.9. The maximum Gasteiger partial charge on any atom is 0.245 e. The van der Waals surface area contributed by atoms with Gasteiger partial charge in [-0.15, -0.1) is 0 Å². The van der Waals surface area contributed by atoms with Gasteiger partial charge < -0.3 is 0 Å². The topological polar surface area (TPSA) is 17.1 Å². The SMILES string of the molecule is O=C(Cl)/C=C/c1cc(F)cc(F)c1F. The van der Waals surface area contributed by atoms with Crippen LogP contribution in [-0.2, 0) is 4.79 Å². The molecule has 5 heteroatoms. The highest BCUT2D eigenvalue weighted by Gasteiger charge is 2.08. The number of carbonyl (C=O) groups excluding carboxylic acids is 1. The fourth-order valence-electron chi connectivity index (χ4n) is 0.852. The van der Waals surface area contributed by atoms with Crippen LogP contribution >= 0.6 is 11.6 Å². The molecule has 1 aromatic rings. The molecule has 0 aliphatic heterocycles. The van der Waals surface area contributed by atoms with Gasteiger partial charge in [-0.05, 0) is 29.8 Å². The van der Waals surface area contributed by atoms with Crippen LogP contribution in [0.5, 0.6) is 0 Å². The number of hydrogen-bond acceptors (Lipinski definition) is 1. The van der Waals surface area contributed by atoms with E-state index in [-0.39, 0.29) is 5.56 Å². The number of carbonyl (C=O) groups is 1. The standard InChI is InChI=1S/C9H4ClF3O/c10-8(14)2-1-5-3-6(11)4-7(12)9(5)13/h1-4H/b2-1+. The summed E-state index contributed by atoms with van der Waals surface area (Å²) in [4.78, 5) is 10.3. The Morgan fingerprint density at radius 1 is 1.29 bits per heavy atom. The zero-order chi connectivity index (χ0) is 10.7. The Bertz CT molecular complexity index is 401. The molecule has 0 atom stereocenters. The summed E-state index contributed by atoms with van der Waals surface area (Å²) in [6, 6.07) is 1.17. The molecule has 0 N–H and O–H groups in total. The number of halogens is 4. The third-order valence-corrected chi connectivity index (χ3v) is 1.54. The summed E-state index contributed by atoms with van der Waals surface area (Å²) in [6.07, 6.45) is 1.70. The van der Waals surface area contributed by atoms with E-state index in [1.807, 2.05) is 0 Å². The molecule has 74 valence electrons. The Morgan fingerprint density at radius 2 is 1.93 bits per heavy atom. The molecule has 0 aliphatic carbocycles. The minimum absolute atomic E-state index is 0.364. The quantitative estimate of drug-likeness (QED) is 0.426. The fraction of sp³-hybridized carbons (Fsp3) is 0. The van der Waals surface area contributed by atoms with Crippen molar-refractivity contribution in [1.82, 2.24) is 0 Å². The van der Waals surface area contributed by atoms with E-state index >= 15 is 0 Å². The molecule has 0 saturated heterocycles. The molecule has 0 fully saturated rings. The second kappa shape index (κ2) is 4.28. The molecule has 14 heavy (non-hydrogen) atoms. The normalized spacial score (nSPS) is 10.9. The molecule has 0 aromatic heterocycles. The maximum absolute atomic E-state index is 12.9. The van der Waals surface area contributed by atoms with Crippen LogP contribution in [0.15, 0.2) is 18.2 Å². The monoisotopic (exact) mass is 220 g/mol. The lowest BCUT2D eigenvalue weighted by atomic mass is 10.2. The van der Waals surface area contributed by atoms with Gasteiger partial charge in [0, 0.05) is 11.6 Å². The van der Waals surface area contributed by atoms with Crippen molar-refractivity contribution in [2.75, 3.05) is 0 Å².